The van der Waals surface area contributed by atoms with Crippen molar-refractivity contribution in [3.63, 3.8) is 0 Å². The highest BCUT2D eigenvalue weighted by molar-refractivity contribution is 7.92. The van der Waals surface area contributed by atoms with Crippen molar-refractivity contribution in [2.75, 3.05) is 24.2 Å². The maximum atomic E-state index is 12.3. The van der Waals surface area contributed by atoms with Crippen molar-refractivity contribution >= 4 is 39.3 Å². The summed E-state index contributed by atoms with van der Waals surface area (Å²) in [7, 11) is -3.37. The Labute approximate surface area is 174 Å². The number of halogens is 1. The van der Waals surface area contributed by atoms with Crippen LogP contribution in [0, 0.1) is 0 Å². The summed E-state index contributed by atoms with van der Waals surface area (Å²) in [6.07, 6.45) is 4.12. The van der Waals surface area contributed by atoms with Crippen LogP contribution in [0.5, 0.6) is 11.5 Å². The summed E-state index contributed by atoms with van der Waals surface area (Å²) in [6, 6.07) is 9.98. The number of carbonyl (C=O) groups excluding carboxylic acids is 1. The predicted molar refractivity (Wildman–Crippen MR) is 113 cm³/mol. The first-order chi connectivity index (χ1) is 13.7. The summed E-state index contributed by atoms with van der Waals surface area (Å²) in [5, 5.41) is 3.26. The first-order valence-corrected chi connectivity index (χ1v) is 11.1. The summed E-state index contributed by atoms with van der Waals surface area (Å²) in [6.45, 7) is 2.71. The molecule has 1 aliphatic heterocycles. The lowest BCUT2D eigenvalue weighted by molar-refractivity contribution is -0.117. The van der Waals surface area contributed by atoms with Gasteiger partial charge >= 0.3 is 0 Å². The van der Waals surface area contributed by atoms with E-state index in [1.54, 1.807) is 36.4 Å². The molecule has 29 heavy (non-hydrogen) atoms. The number of hydrogen-bond acceptors (Lipinski definition) is 5. The molecule has 0 aromatic heterocycles. The lowest BCUT2D eigenvalue weighted by Gasteiger charge is -2.19. The molecule has 1 amide bonds. The Balaban J connectivity index is 1.66. The summed E-state index contributed by atoms with van der Waals surface area (Å²) < 4.78 is 36.2. The summed E-state index contributed by atoms with van der Waals surface area (Å²) in [4.78, 5) is 12.3. The molecule has 0 saturated carbocycles. The minimum atomic E-state index is -3.37. The third kappa shape index (κ3) is 5.88. The smallest absolute Gasteiger partial charge is 0.244 e. The average Bonchev–Trinajstić information content (AvgIpc) is 2.65. The molecule has 1 unspecified atom stereocenters. The molecule has 2 aromatic carbocycles. The number of carbonyl (C=O) groups is 1. The Bertz CT molecular complexity index is 1050. The molecule has 0 saturated heterocycles. The molecule has 1 atom stereocenters. The molecule has 2 N–H and O–H groups in total. The molecule has 0 spiro atoms. The number of anilines is 1. The molecule has 1 aliphatic rings. The van der Waals surface area contributed by atoms with Crippen LogP contribution in [0.15, 0.2) is 42.5 Å². The van der Waals surface area contributed by atoms with E-state index in [2.05, 4.69) is 10.0 Å². The van der Waals surface area contributed by atoms with Crippen molar-refractivity contribution in [3.05, 3.63) is 58.6 Å². The highest BCUT2D eigenvalue weighted by Crippen LogP contribution is 2.38. The Morgan fingerprint density at radius 2 is 1.97 bits per heavy atom. The van der Waals surface area contributed by atoms with E-state index < -0.39 is 10.0 Å². The van der Waals surface area contributed by atoms with Crippen molar-refractivity contribution in [1.29, 1.82) is 0 Å². The van der Waals surface area contributed by atoms with Gasteiger partial charge < -0.3 is 14.8 Å². The minimum Gasteiger partial charge on any atom is -0.486 e. The van der Waals surface area contributed by atoms with Gasteiger partial charge in [-0.2, -0.15) is 0 Å². The number of fused-ring (bicyclic) bond motifs is 1. The van der Waals surface area contributed by atoms with Crippen LogP contribution in [-0.4, -0.2) is 33.8 Å². The van der Waals surface area contributed by atoms with E-state index in [9.17, 15) is 13.2 Å². The second-order valence-electron chi connectivity index (χ2n) is 6.59. The largest absolute Gasteiger partial charge is 0.486 e. The fourth-order valence-electron chi connectivity index (χ4n) is 2.83. The maximum absolute atomic E-state index is 12.3. The molecule has 2 aromatic rings. The van der Waals surface area contributed by atoms with Gasteiger partial charge in [-0.15, -0.1) is 0 Å². The zero-order valence-corrected chi connectivity index (χ0v) is 17.5. The van der Waals surface area contributed by atoms with E-state index in [4.69, 9.17) is 21.1 Å². The predicted octanol–water partition coefficient (Wildman–Crippen LogP) is 3.37. The van der Waals surface area contributed by atoms with Crippen molar-refractivity contribution in [1.82, 2.24) is 5.32 Å². The Morgan fingerprint density at radius 1 is 1.21 bits per heavy atom. The highest BCUT2D eigenvalue weighted by Gasteiger charge is 2.16. The van der Waals surface area contributed by atoms with Crippen molar-refractivity contribution in [2.24, 2.45) is 0 Å². The van der Waals surface area contributed by atoms with E-state index in [1.165, 1.54) is 6.08 Å². The molecule has 3 rings (SSSR count). The Hall–Kier alpha value is -2.71. The second kappa shape index (κ2) is 8.75. The molecule has 0 bridgehead atoms. The number of rotatable bonds is 6. The average molecular weight is 437 g/mol. The van der Waals surface area contributed by atoms with E-state index in [0.29, 0.717) is 41.0 Å². The van der Waals surface area contributed by atoms with Gasteiger partial charge in [0.2, 0.25) is 15.9 Å². The van der Waals surface area contributed by atoms with Crippen LogP contribution >= 0.6 is 11.6 Å². The fourth-order valence-corrected chi connectivity index (χ4v) is 3.66. The SMILES string of the molecule is CC(NC(=O)C=Cc1cc(Cl)c2c(c1)OCCO2)c1cccc(NS(C)(=O)=O)c1. The summed E-state index contributed by atoms with van der Waals surface area (Å²) in [5.41, 5.74) is 1.91. The van der Waals surface area contributed by atoms with Gasteiger partial charge in [0, 0.05) is 11.8 Å². The minimum absolute atomic E-state index is 0.301. The molecule has 7 nitrogen and oxygen atoms in total. The van der Waals surface area contributed by atoms with Crippen LogP contribution in [-0.2, 0) is 14.8 Å². The third-order valence-corrected chi connectivity index (χ3v) is 4.98. The monoisotopic (exact) mass is 436 g/mol. The number of hydrogen-bond donors (Lipinski definition) is 2. The van der Waals surface area contributed by atoms with Crippen LogP contribution in [0.3, 0.4) is 0 Å². The standard InChI is InChI=1S/C20H21ClN2O5S/c1-13(15-4-3-5-16(12-15)23-29(2,25)26)22-19(24)7-6-14-10-17(21)20-18(11-14)27-8-9-28-20/h3-7,10-13,23H,8-9H2,1-2H3,(H,22,24). The first-order valence-electron chi connectivity index (χ1n) is 8.87. The number of nitrogens with one attached hydrogen (secondary N) is 2. The van der Waals surface area contributed by atoms with Crippen LogP contribution in [0.1, 0.15) is 24.1 Å². The van der Waals surface area contributed by atoms with Crippen LogP contribution < -0.4 is 19.5 Å². The van der Waals surface area contributed by atoms with Gasteiger partial charge in [0.25, 0.3) is 0 Å². The highest BCUT2D eigenvalue weighted by atomic mass is 35.5. The van der Waals surface area contributed by atoms with Crippen LogP contribution in [0.4, 0.5) is 5.69 Å². The topological polar surface area (TPSA) is 93.7 Å². The van der Waals surface area contributed by atoms with Gasteiger partial charge in [-0.05, 0) is 48.4 Å². The molecule has 154 valence electrons. The van der Waals surface area contributed by atoms with E-state index in [1.807, 2.05) is 13.0 Å². The molecular formula is C20H21ClN2O5S. The van der Waals surface area contributed by atoms with E-state index in [-0.39, 0.29) is 11.9 Å². The van der Waals surface area contributed by atoms with Crippen LogP contribution in [0.2, 0.25) is 5.02 Å². The van der Waals surface area contributed by atoms with Gasteiger partial charge in [0.05, 0.1) is 17.3 Å². The first kappa shape index (κ1) is 21.0. The van der Waals surface area contributed by atoms with Gasteiger partial charge in [-0.25, -0.2) is 8.42 Å². The fraction of sp³-hybridized carbons (Fsp3) is 0.250. The molecule has 0 fully saturated rings. The molecule has 1 heterocycles. The molecular weight excluding hydrogens is 416 g/mol. The van der Waals surface area contributed by atoms with Crippen molar-refractivity contribution in [3.8, 4) is 11.5 Å². The number of ether oxygens (including phenoxy) is 2. The number of amides is 1. The van der Waals surface area contributed by atoms with Gasteiger partial charge in [0.15, 0.2) is 11.5 Å². The van der Waals surface area contributed by atoms with Gasteiger partial charge in [0.1, 0.15) is 13.2 Å². The van der Waals surface area contributed by atoms with Crippen LogP contribution in [0.25, 0.3) is 6.08 Å². The summed E-state index contributed by atoms with van der Waals surface area (Å²) >= 11 is 6.20. The lowest BCUT2D eigenvalue weighted by atomic mass is 10.1. The van der Waals surface area contributed by atoms with E-state index in [0.717, 1.165) is 11.8 Å². The molecule has 0 radical (unpaired) electrons. The third-order valence-electron chi connectivity index (χ3n) is 4.09. The maximum Gasteiger partial charge on any atom is 0.244 e. The number of sulfonamides is 1. The zero-order valence-electron chi connectivity index (χ0n) is 15.9. The van der Waals surface area contributed by atoms with E-state index >= 15 is 0 Å². The number of benzene rings is 2. The lowest BCUT2D eigenvalue weighted by Crippen LogP contribution is -2.24. The summed E-state index contributed by atoms with van der Waals surface area (Å²) in [5.74, 6) is 0.757. The van der Waals surface area contributed by atoms with Crippen molar-refractivity contribution in [2.45, 2.75) is 13.0 Å². The molecule has 9 heteroatoms. The normalized spacial score (nSPS) is 14.4. The van der Waals surface area contributed by atoms with Gasteiger partial charge in [-0.3, -0.25) is 9.52 Å². The zero-order chi connectivity index (χ0) is 21.0. The Kier molecular flexibility index (Phi) is 6.34. The Morgan fingerprint density at radius 3 is 2.72 bits per heavy atom. The van der Waals surface area contributed by atoms with Crippen molar-refractivity contribution < 1.29 is 22.7 Å². The van der Waals surface area contributed by atoms with Gasteiger partial charge in [-0.1, -0.05) is 23.7 Å². The quantitative estimate of drug-likeness (QED) is 0.677. The molecule has 0 aliphatic carbocycles. The second-order valence-corrected chi connectivity index (χ2v) is 8.75.